The van der Waals surface area contributed by atoms with Crippen molar-refractivity contribution < 1.29 is 19.0 Å². The summed E-state index contributed by atoms with van der Waals surface area (Å²) in [5.74, 6) is -0.389. The molecule has 0 amide bonds. The Kier molecular flexibility index (Phi) is 5.49. The molecule has 2 heterocycles. The molecule has 0 radical (unpaired) electrons. The van der Waals surface area contributed by atoms with Crippen molar-refractivity contribution in [3.8, 4) is 5.75 Å². The first kappa shape index (κ1) is 19.7. The normalized spacial score (nSPS) is 10.9. The molecule has 0 saturated carbocycles. The minimum Gasteiger partial charge on any atom is -0.487 e. The minimum atomic E-state index is -0.967. The maximum absolute atomic E-state index is 13.3. The number of carboxylic acid groups (broad SMARTS) is 1. The summed E-state index contributed by atoms with van der Waals surface area (Å²) < 4.78 is 20.5. The number of ether oxygens (including phenoxy) is 1. The van der Waals surface area contributed by atoms with Gasteiger partial charge in [0, 0.05) is 11.9 Å². The molecule has 4 rings (SSSR count). The van der Waals surface area contributed by atoms with Crippen LogP contribution in [0.4, 0.5) is 15.9 Å². The van der Waals surface area contributed by atoms with E-state index in [1.807, 2.05) is 0 Å². The van der Waals surface area contributed by atoms with Crippen LogP contribution in [-0.2, 0) is 17.9 Å². The molecule has 0 aliphatic carbocycles. The number of hydrogen-bond donors (Lipinski definition) is 2. The molecule has 0 bridgehead atoms. The van der Waals surface area contributed by atoms with Crippen LogP contribution in [0.25, 0.3) is 11.0 Å². The molecule has 2 aromatic carbocycles. The molecule has 0 spiro atoms. The summed E-state index contributed by atoms with van der Waals surface area (Å²) in [5.41, 5.74) is 2.52. The van der Waals surface area contributed by atoms with Crippen LogP contribution in [0.1, 0.15) is 5.56 Å². The Balaban J connectivity index is 1.54. The Morgan fingerprint density at radius 1 is 1.20 bits per heavy atom. The van der Waals surface area contributed by atoms with Crippen molar-refractivity contribution in [1.29, 1.82) is 0 Å². The summed E-state index contributed by atoms with van der Waals surface area (Å²) in [5, 5.41) is 12.6. The summed E-state index contributed by atoms with van der Waals surface area (Å²) >= 11 is 6.34. The zero-order valence-corrected chi connectivity index (χ0v) is 16.3. The highest BCUT2D eigenvalue weighted by atomic mass is 35.5. The highest BCUT2D eigenvalue weighted by molar-refractivity contribution is 6.32. The number of nitrogens with one attached hydrogen (secondary N) is 1. The summed E-state index contributed by atoms with van der Waals surface area (Å²) in [7, 11) is 0. The molecule has 2 aromatic heterocycles. The number of fused-ring (bicyclic) bond motifs is 1. The van der Waals surface area contributed by atoms with Gasteiger partial charge in [0.1, 0.15) is 36.6 Å². The monoisotopic (exact) mass is 426 g/mol. The third-order valence-corrected chi connectivity index (χ3v) is 4.63. The quantitative estimate of drug-likeness (QED) is 0.448. The predicted octanol–water partition coefficient (Wildman–Crippen LogP) is 4.63. The number of halogens is 2. The van der Waals surface area contributed by atoms with E-state index in [2.05, 4.69) is 15.3 Å². The van der Waals surface area contributed by atoms with Crippen LogP contribution in [0.15, 0.2) is 61.1 Å². The minimum absolute atomic E-state index is 0.180. The summed E-state index contributed by atoms with van der Waals surface area (Å²) in [6.45, 7) is -0.0291. The largest absolute Gasteiger partial charge is 0.487 e. The number of anilines is 2. The SMILES string of the molecule is O=C(O)Cn1ccc2ncnc(Nc3ccc(OCc4cccc(F)c4)c(Cl)c3)c21. The van der Waals surface area contributed by atoms with Crippen LogP contribution >= 0.6 is 11.6 Å². The van der Waals surface area contributed by atoms with E-state index in [9.17, 15) is 9.18 Å². The molecule has 0 fully saturated rings. The Morgan fingerprint density at radius 3 is 2.83 bits per heavy atom. The van der Waals surface area contributed by atoms with E-state index in [-0.39, 0.29) is 19.0 Å². The van der Waals surface area contributed by atoms with Gasteiger partial charge >= 0.3 is 5.97 Å². The Hall–Kier alpha value is -3.65. The summed E-state index contributed by atoms with van der Waals surface area (Å²) in [6, 6.07) is 13.0. The fourth-order valence-corrected chi connectivity index (χ4v) is 3.26. The van der Waals surface area contributed by atoms with Crippen molar-refractivity contribution in [2.45, 2.75) is 13.2 Å². The van der Waals surface area contributed by atoms with Crippen molar-refractivity contribution in [3.63, 3.8) is 0 Å². The topological polar surface area (TPSA) is 89.3 Å². The highest BCUT2D eigenvalue weighted by Crippen LogP contribution is 2.31. The smallest absolute Gasteiger partial charge is 0.323 e. The van der Waals surface area contributed by atoms with Gasteiger partial charge in [0.2, 0.25) is 0 Å². The number of hydrogen-bond acceptors (Lipinski definition) is 5. The van der Waals surface area contributed by atoms with Crippen molar-refractivity contribution in [1.82, 2.24) is 14.5 Å². The molecule has 2 N–H and O–H groups in total. The lowest BCUT2D eigenvalue weighted by atomic mass is 10.2. The molecule has 0 unspecified atom stereocenters. The third-order valence-electron chi connectivity index (χ3n) is 4.33. The second-order valence-electron chi connectivity index (χ2n) is 6.48. The molecular formula is C21H16ClFN4O3. The van der Waals surface area contributed by atoms with E-state index < -0.39 is 5.97 Å². The number of aromatic nitrogens is 3. The second kappa shape index (κ2) is 8.38. The number of nitrogens with zero attached hydrogens (tertiary/aromatic N) is 3. The molecule has 0 saturated heterocycles. The number of benzene rings is 2. The predicted molar refractivity (Wildman–Crippen MR) is 111 cm³/mol. The number of carbonyl (C=O) groups is 1. The van der Waals surface area contributed by atoms with Crippen LogP contribution in [-0.4, -0.2) is 25.6 Å². The van der Waals surface area contributed by atoms with Gasteiger partial charge in [0.25, 0.3) is 0 Å². The fourth-order valence-electron chi connectivity index (χ4n) is 3.02. The zero-order chi connectivity index (χ0) is 21.1. The molecule has 0 aliphatic heterocycles. The van der Waals surface area contributed by atoms with Gasteiger partial charge < -0.3 is 19.7 Å². The van der Waals surface area contributed by atoms with Gasteiger partial charge in [0.15, 0.2) is 5.82 Å². The van der Waals surface area contributed by atoms with Crippen LogP contribution in [0.5, 0.6) is 5.75 Å². The maximum atomic E-state index is 13.3. The maximum Gasteiger partial charge on any atom is 0.323 e. The molecule has 7 nitrogen and oxygen atoms in total. The molecule has 4 aromatic rings. The van der Waals surface area contributed by atoms with E-state index >= 15 is 0 Å². The summed E-state index contributed by atoms with van der Waals surface area (Å²) in [6.07, 6.45) is 3.04. The van der Waals surface area contributed by atoms with Gasteiger partial charge in [-0.15, -0.1) is 0 Å². The first-order valence-electron chi connectivity index (χ1n) is 8.95. The van der Waals surface area contributed by atoms with Gasteiger partial charge in [-0.1, -0.05) is 23.7 Å². The zero-order valence-electron chi connectivity index (χ0n) is 15.5. The number of carboxylic acids is 1. The number of rotatable bonds is 7. The number of aliphatic carboxylic acids is 1. The van der Waals surface area contributed by atoms with Crippen molar-refractivity contribution in [2.75, 3.05) is 5.32 Å². The Labute approximate surface area is 175 Å². The van der Waals surface area contributed by atoms with Gasteiger partial charge in [-0.2, -0.15) is 0 Å². The molecular weight excluding hydrogens is 411 g/mol. The molecule has 0 atom stereocenters. The van der Waals surface area contributed by atoms with Gasteiger partial charge in [0.05, 0.1) is 10.5 Å². The van der Waals surface area contributed by atoms with Crippen LogP contribution < -0.4 is 10.1 Å². The van der Waals surface area contributed by atoms with E-state index in [1.165, 1.54) is 18.5 Å². The molecule has 9 heteroatoms. The van der Waals surface area contributed by atoms with E-state index in [0.29, 0.717) is 38.9 Å². The van der Waals surface area contributed by atoms with Crippen molar-refractivity contribution in [2.24, 2.45) is 0 Å². The first-order valence-corrected chi connectivity index (χ1v) is 9.33. The lowest BCUT2D eigenvalue weighted by molar-refractivity contribution is -0.137. The van der Waals surface area contributed by atoms with Crippen LogP contribution in [0.3, 0.4) is 0 Å². The van der Waals surface area contributed by atoms with Crippen LogP contribution in [0.2, 0.25) is 5.02 Å². The highest BCUT2D eigenvalue weighted by Gasteiger charge is 2.12. The lowest BCUT2D eigenvalue weighted by Gasteiger charge is -2.12. The van der Waals surface area contributed by atoms with Crippen molar-refractivity contribution >= 4 is 40.1 Å². The third kappa shape index (κ3) is 4.33. The van der Waals surface area contributed by atoms with E-state index in [4.69, 9.17) is 21.4 Å². The Bertz CT molecular complexity index is 1230. The summed E-state index contributed by atoms with van der Waals surface area (Å²) in [4.78, 5) is 19.5. The molecule has 152 valence electrons. The Morgan fingerprint density at radius 2 is 2.07 bits per heavy atom. The van der Waals surface area contributed by atoms with Crippen molar-refractivity contribution in [3.05, 3.63) is 77.5 Å². The second-order valence-corrected chi connectivity index (χ2v) is 6.89. The van der Waals surface area contributed by atoms with Gasteiger partial charge in [-0.3, -0.25) is 4.79 Å². The lowest BCUT2D eigenvalue weighted by Crippen LogP contribution is -2.09. The molecule has 0 aliphatic rings. The average Bonchev–Trinajstić information content (AvgIpc) is 3.11. The standard InChI is InChI=1S/C21H16ClFN4O3/c22-16-9-15(4-5-18(16)30-11-13-2-1-3-14(23)8-13)26-21-20-17(24-12-25-21)6-7-27(20)10-19(28)29/h1-9,12H,10-11H2,(H,28,29)(H,24,25,26). The van der Waals surface area contributed by atoms with Gasteiger partial charge in [-0.05, 0) is 42.0 Å². The first-order chi connectivity index (χ1) is 14.5. The van der Waals surface area contributed by atoms with Crippen LogP contribution in [0, 0.1) is 5.82 Å². The van der Waals surface area contributed by atoms with E-state index in [1.54, 1.807) is 47.2 Å². The van der Waals surface area contributed by atoms with Gasteiger partial charge in [-0.25, -0.2) is 14.4 Å². The molecule has 30 heavy (non-hydrogen) atoms. The average molecular weight is 427 g/mol. The van der Waals surface area contributed by atoms with E-state index in [0.717, 1.165) is 0 Å². The fraction of sp³-hybridized carbons (Fsp3) is 0.0952.